The smallest absolute Gasteiger partial charge is 0.353 e. The summed E-state index contributed by atoms with van der Waals surface area (Å²) in [7, 11) is -3.74. The Kier molecular flexibility index (Phi) is 6.32. The number of sulfonamides is 1. The first-order chi connectivity index (χ1) is 14.6. The molecule has 0 saturated heterocycles. The molecule has 0 amide bonds. The molecule has 1 aromatic heterocycles. The molecule has 3 rings (SSSR count). The number of nitrogens with zero attached hydrogens (tertiary/aromatic N) is 3. The number of nitrogens with two attached hydrogens (primary N) is 2. The van der Waals surface area contributed by atoms with Crippen molar-refractivity contribution in [2.45, 2.75) is 18.2 Å². The number of aryl methyl sites for hydroxylation is 1. The van der Waals surface area contributed by atoms with Crippen molar-refractivity contribution < 1.29 is 13.3 Å². The second-order valence-electron chi connectivity index (χ2n) is 6.74. The average molecular weight is 443 g/mol. The van der Waals surface area contributed by atoms with Gasteiger partial charge in [0.2, 0.25) is 27.6 Å². The van der Waals surface area contributed by atoms with Crippen LogP contribution in [0.15, 0.2) is 53.4 Å². The van der Waals surface area contributed by atoms with Crippen molar-refractivity contribution in [3.8, 4) is 0 Å². The zero-order chi connectivity index (χ0) is 22.6. The van der Waals surface area contributed by atoms with Crippen LogP contribution in [0.5, 0.6) is 0 Å². The highest BCUT2D eigenvalue weighted by molar-refractivity contribution is 7.89. The van der Waals surface area contributed by atoms with E-state index in [9.17, 15) is 18.5 Å². The first-order valence-corrected chi connectivity index (χ1v) is 10.7. The van der Waals surface area contributed by atoms with Gasteiger partial charge in [0.25, 0.3) is 0 Å². The standard InChI is InChI=1S/C19H21N7O4S/c1-12-2-6-14(7-3-12)23-18-16(26(27)28)17(20)24-19(25-18)22-11-10-13-4-8-15(9-5-13)31(21,29)30/h2-9H,10-11H2,1H3,(H2,21,29,30)(H4,20,22,23,24,25). The number of nitro groups is 1. The van der Waals surface area contributed by atoms with Crippen LogP contribution in [-0.2, 0) is 16.4 Å². The van der Waals surface area contributed by atoms with E-state index in [-0.39, 0.29) is 22.5 Å². The molecule has 0 saturated carbocycles. The number of hydrogen-bond acceptors (Lipinski definition) is 9. The number of rotatable bonds is 8. The highest BCUT2D eigenvalue weighted by atomic mass is 32.2. The number of primary sulfonamides is 1. The van der Waals surface area contributed by atoms with Gasteiger partial charge < -0.3 is 16.4 Å². The minimum absolute atomic E-state index is 0.0265. The summed E-state index contributed by atoms with van der Waals surface area (Å²) >= 11 is 0. The summed E-state index contributed by atoms with van der Waals surface area (Å²) in [6.45, 7) is 2.31. The first-order valence-electron chi connectivity index (χ1n) is 9.14. The number of benzene rings is 2. The summed E-state index contributed by atoms with van der Waals surface area (Å²) in [6.07, 6.45) is 0.520. The predicted octanol–water partition coefficient (Wildman–Crippen LogP) is 2.32. The number of anilines is 4. The van der Waals surface area contributed by atoms with E-state index in [1.54, 1.807) is 24.3 Å². The monoisotopic (exact) mass is 443 g/mol. The van der Waals surface area contributed by atoms with Gasteiger partial charge in [0.1, 0.15) is 0 Å². The lowest BCUT2D eigenvalue weighted by Gasteiger charge is -2.11. The summed E-state index contributed by atoms with van der Waals surface area (Å²) in [4.78, 5) is 19.0. The predicted molar refractivity (Wildman–Crippen MR) is 118 cm³/mol. The Morgan fingerprint density at radius 1 is 1.06 bits per heavy atom. The van der Waals surface area contributed by atoms with Crippen molar-refractivity contribution in [2.24, 2.45) is 5.14 Å². The third kappa shape index (κ3) is 5.65. The molecule has 0 aliphatic rings. The molecule has 12 heteroatoms. The van der Waals surface area contributed by atoms with Gasteiger partial charge in [0.05, 0.1) is 9.82 Å². The zero-order valence-electron chi connectivity index (χ0n) is 16.6. The maximum Gasteiger partial charge on any atom is 0.353 e. The van der Waals surface area contributed by atoms with E-state index >= 15 is 0 Å². The van der Waals surface area contributed by atoms with Crippen LogP contribution in [0.2, 0.25) is 0 Å². The van der Waals surface area contributed by atoms with Gasteiger partial charge in [0.15, 0.2) is 0 Å². The zero-order valence-corrected chi connectivity index (χ0v) is 17.4. The fourth-order valence-corrected chi connectivity index (χ4v) is 3.27. The maximum atomic E-state index is 11.4. The summed E-state index contributed by atoms with van der Waals surface area (Å²) in [5.74, 6) is -0.171. The number of aromatic nitrogens is 2. The van der Waals surface area contributed by atoms with Gasteiger partial charge in [-0.3, -0.25) is 10.1 Å². The number of nitrogens with one attached hydrogen (secondary N) is 2. The molecule has 0 atom stereocenters. The molecule has 0 radical (unpaired) electrons. The van der Waals surface area contributed by atoms with Crippen molar-refractivity contribution in [3.05, 3.63) is 69.8 Å². The molecule has 0 spiro atoms. The molecule has 0 aliphatic heterocycles. The van der Waals surface area contributed by atoms with Crippen LogP contribution in [0.25, 0.3) is 0 Å². The summed E-state index contributed by atoms with van der Waals surface area (Å²) in [5, 5.41) is 22.4. The second kappa shape index (κ2) is 8.93. The molecule has 162 valence electrons. The molecule has 0 aliphatic carbocycles. The summed E-state index contributed by atoms with van der Waals surface area (Å²) in [6, 6.07) is 13.4. The Bertz CT molecular complexity index is 1200. The highest BCUT2D eigenvalue weighted by Crippen LogP contribution is 2.31. The minimum Gasteiger partial charge on any atom is -0.378 e. The largest absolute Gasteiger partial charge is 0.378 e. The molecule has 31 heavy (non-hydrogen) atoms. The Morgan fingerprint density at radius 2 is 1.71 bits per heavy atom. The molecule has 6 N–H and O–H groups in total. The molecular weight excluding hydrogens is 422 g/mol. The van der Waals surface area contributed by atoms with E-state index in [0.29, 0.717) is 18.7 Å². The Hall–Kier alpha value is -3.77. The molecule has 0 bridgehead atoms. The van der Waals surface area contributed by atoms with Crippen molar-refractivity contribution >= 4 is 39.0 Å². The lowest BCUT2D eigenvalue weighted by Crippen LogP contribution is -2.13. The molecule has 11 nitrogen and oxygen atoms in total. The Balaban J connectivity index is 1.74. The van der Waals surface area contributed by atoms with E-state index in [2.05, 4.69) is 20.6 Å². The minimum atomic E-state index is -3.74. The van der Waals surface area contributed by atoms with Crippen LogP contribution >= 0.6 is 0 Å². The third-order valence-corrected chi connectivity index (χ3v) is 5.29. The summed E-state index contributed by atoms with van der Waals surface area (Å²) in [5.41, 5.74) is 7.90. The quantitative estimate of drug-likeness (QED) is 0.300. The van der Waals surface area contributed by atoms with E-state index in [1.165, 1.54) is 12.1 Å². The van der Waals surface area contributed by atoms with E-state index < -0.39 is 20.6 Å². The third-order valence-electron chi connectivity index (χ3n) is 4.36. The average Bonchev–Trinajstić information content (AvgIpc) is 2.69. The second-order valence-corrected chi connectivity index (χ2v) is 8.30. The molecule has 0 unspecified atom stereocenters. The van der Waals surface area contributed by atoms with Gasteiger partial charge in [-0.25, -0.2) is 13.6 Å². The van der Waals surface area contributed by atoms with Crippen LogP contribution in [-0.4, -0.2) is 29.9 Å². The summed E-state index contributed by atoms with van der Waals surface area (Å²) < 4.78 is 22.6. The molecule has 3 aromatic rings. The Morgan fingerprint density at radius 3 is 2.29 bits per heavy atom. The lowest BCUT2D eigenvalue weighted by molar-refractivity contribution is -0.383. The topological polar surface area (TPSA) is 179 Å². The van der Waals surface area contributed by atoms with E-state index in [1.807, 2.05) is 19.1 Å². The van der Waals surface area contributed by atoms with Gasteiger partial charge in [-0.2, -0.15) is 9.97 Å². The molecular formula is C19H21N7O4S. The van der Waals surface area contributed by atoms with Crippen molar-refractivity contribution in [2.75, 3.05) is 22.9 Å². The highest BCUT2D eigenvalue weighted by Gasteiger charge is 2.23. The SMILES string of the molecule is Cc1ccc(Nc2nc(NCCc3ccc(S(N)(=O)=O)cc3)nc(N)c2[N+](=O)[O-])cc1. The van der Waals surface area contributed by atoms with E-state index in [0.717, 1.165) is 11.1 Å². The maximum absolute atomic E-state index is 11.4. The van der Waals surface area contributed by atoms with Crippen molar-refractivity contribution in [3.63, 3.8) is 0 Å². The van der Waals surface area contributed by atoms with Crippen LogP contribution in [0.4, 0.5) is 29.0 Å². The Labute approximate surface area is 178 Å². The van der Waals surface area contributed by atoms with Crippen LogP contribution < -0.4 is 21.5 Å². The van der Waals surface area contributed by atoms with Gasteiger partial charge >= 0.3 is 5.69 Å². The first kappa shape index (κ1) is 21.9. The number of hydrogen-bond donors (Lipinski definition) is 4. The molecule has 2 aromatic carbocycles. The fourth-order valence-electron chi connectivity index (χ4n) is 2.76. The van der Waals surface area contributed by atoms with Gasteiger partial charge in [-0.05, 0) is 43.2 Å². The van der Waals surface area contributed by atoms with Crippen molar-refractivity contribution in [1.82, 2.24) is 9.97 Å². The fraction of sp³-hybridized carbons (Fsp3) is 0.158. The normalized spacial score (nSPS) is 11.2. The van der Waals surface area contributed by atoms with E-state index in [4.69, 9.17) is 10.9 Å². The van der Waals surface area contributed by atoms with Crippen LogP contribution in [0, 0.1) is 17.0 Å². The number of nitrogen functional groups attached to an aromatic ring is 1. The molecule has 0 fully saturated rings. The van der Waals surface area contributed by atoms with Gasteiger partial charge in [-0.1, -0.05) is 29.8 Å². The van der Waals surface area contributed by atoms with Crippen LogP contribution in [0.3, 0.4) is 0 Å². The lowest BCUT2D eigenvalue weighted by atomic mass is 10.1. The van der Waals surface area contributed by atoms with Gasteiger partial charge in [-0.15, -0.1) is 0 Å². The molecule has 1 heterocycles. The van der Waals surface area contributed by atoms with Crippen molar-refractivity contribution in [1.29, 1.82) is 0 Å². The van der Waals surface area contributed by atoms with Gasteiger partial charge in [0, 0.05) is 12.2 Å². The van der Waals surface area contributed by atoms with Crippen LogP contribution in [0.1, 0.15) is 11.1 Å².